The fourth-order valence-electron chi connectivity index (χ4n) is 2.70. The molecule has 1 atom stereocenters. The predicted molar refractivity (Wildman–Crippen MR) is 80.8 cm³/mol. The number of ketones is 1. The summed E-state index contributed by atoms with van der Waals surface area (Å²) in [4.78, 5) is 12.9. The van der Waals surface area contributed by atoms with E-state index in [9.17, 15) is 4.79 Å². The van der Waals surface area contributed by atoms with Crippen molar-refractivity contribution in [2.24, 2.45) is 0 Å². The van der Waals surface area contributed by atoms with Crippen LogP contribution >= 0.6 is 0 Å². The molecule has 0 N–H and O–H groups in total. The standard InChI is InChI=1S/C18H18O3/c1-2-20-16-10-6-5-9-15(16)17(19)18-14-8-4-3-7-13(14)11-12-21-18/h3-10,18H,2,11-12H2,1H3. The lowest BCUT2D eigenvalue weighted by Gasteiger charge is -2.25. The van der Waals surface area contributed by atoms with Gasteiger partial charge in [-0.25, -0.2) is 0 Å². The Hall–Kier alpha value is -2.13. The lowest BCUT2D eigenvalue weighted by atomic mass is 9.92. The maximum absolute atomic E-state index is 12.9. The Kier molecular flexibility index (Phi) is 4.02. The molecule has 1 aliphatic heterocycles. The monoisotopic (exact) mass is 282 g/mol. The van der Waals surface area contributed by atoms with Gasteiger partial charge in [-0.05, 0) is 36.6 Å². The van der Waals surface area contributed by atoms with Crippen molar-refractivity contribution < 1.29 is 14.3 Å². The molecule has 0 radical (unpaired) electrons. The first kappa shape index (κ1) is 13.8. The highest BCUT2D eigenvalue weighted by Crippen LogP contribution is 2.32. The number of fused-ring (bicyclic) bond motifs is 1. The third-order valence-electron chi connectivity index (χ3n) is 3.68. The highest BCUT2D eigenvalue weighted by Gasteiger charge is 2.29. The van der Waals surface area contributed by atoms with Crippen molar-refractivity contribution in [3.8, 4) is 5.75 Å². The second-order valence-electron chi connectivity index (χ2n) is 4.99. The topological polar surface area (TPSA) is 35.5 Å². The van der Waals surface area contributed by atoms with E-state index < -0.39 is 6.10 Å². The molecule has 3 heteroatoms. The van der Waals surface area contributed by atoms with Crippen LogP contribution in [0.25, 0.3) is 0 Å². The van der Waals surface area contributed by atoms with Crippen molar-refractivity contribution in [1.29, 1.82) is 0 Å². The van der Waals surface area contributed by atoms with Gasteiger partial charge in [0.05, 0.1) is 18.8 Å². The van der Waals surface area contributed by atoms with E-state index in [1.807, 2.05) is 43.3 Å². The molecule has 0 aromatic heterocycles. The normalized spacial score (nSPS) is 17.1. The number of carbonyl (C=O) groups is 1. The fourth-order valence-corrected chi connectivity index (χ4v) is 2.70. The summed E-state index contributed by atoms with van der Waals surface area (Å²) in [6, 6.07) is 15.3. The number of carbonyl (C=O) groups excluding carboxylic acids is 1. The van der Waals surface area contributed by atoms with E-state index >= 15 is 0 Å². The van der Waals surface area contributed by atoms with Crippen LogP contribution in [0.2, 0.25) is 0 Å². The van der Waals surface area contributed by atoms with E-state index in [-0.39, 0.29) is 5.78 Å². The fraction of sp³-hybridized carbons (Fsp3) is 0.278. The lowest BCUT2D eigenvalue weighted by Crippen LogP contribution is -2.24. The van der Waals surface area contributed by atoms with Crippen LogP contribution < -0.4 is 4.74 Å². The van der Waals surface area contributed by atoms with E-state index in [1.165, 1.54) is 5.56 Å². The maximum Gasteiger partial charge on any atom is 0.199 e. The summed E-state index contributed by atoms with van der Waals surface area (Å²) in [6.45, 7) is 3.02. The van der Waals surface area contributed by atoms with Gasteiger partial charge in [0.2, 0.25) is 0 Å². The number of benzene rings is 2. The Labute approximate surface area is 124 Å². The molecule has 0 aliphatic carbocycles. The summed E-state index contributed by atoms with van der Waals surface area (Å²) in [5.41, 5.74) is 2.75. The summed E-state index contributed by atoms with van der Waals surface area (Å²) < 4.78 is 11.3. The van der Waals surface area contributed by atoms with Crippen LogP contribution in [0.3, 0.4) is 0 Å². The van der Waals surface area contributed by atoms with Gasteiger partial charge in [-0.15, -0.1) is 0 Å². The van der Waals surface area contributed by atoms with E-state index in [0.717, 1.165) is 12.0 Å². The third-order valence-corrected chi connectivity index (χ3v) is 3.68. The van der Waals surface area contributed by atoms with E-state index in [1.54, 1.807) is 6.07 Å². The Bertz CT molecular complexity index is 648. The van der Waals surface area contributed by atoms with Crippen molar-refractivity contribution in [3.63, 3.8) is 0 Å². The van der Waals surface area contributed by atoms with Crippen LogP contribution in [0.4, 0.5) is 0 Å². The molecule has 0 amide bonds. The molecule has 1 aliphatic rings. The van der Waals surface area contributed by atoms with Gasteiger partial charge in [-0.2, -0.15) is 0 Å². The van der Waals surface area contributed by atoms with E-state index in [2.05, 4.69) is 6.07 Å². The second kappa shape index (κ2) is 6.10. The van der Waals surface area contributed by atoms with E-state index in [4.69, 9.17) is 9.47 Å². The molecular weight excluding hydrogens is 264 g/mol. The van der Waals surface area contributed by atoms with Crippen LogP contribution in [0.1, 0.15) is 34.5 Å². The predicted octanol–water partition coefficient (Wildman–Crippen LogP) is 3.58. The van der Waals surface area contributed by atoms with Crippen LogP contribution in [0.5, 0.6) is 5.75 Å². The lowest BCUT2D eigenvalue weighted by molar-refractivity contribution is 0.0346. The molecule has 0 bridgehead atoms. The average molecular weight is 282 g/mol. The van der Waals surface area contributed by atoms with Gasteiger partial charge in [-0.1, -0.05) is 36.4 Å². The molecule has 0 saturated heterocycles. The molecule has 0 saturated carbocycles. The van der Waals surface area contributed by atoms with Crippen molar-refractivity contribution in [2.75, 3.05) is 13.2 Å². The van der Waals surface area contributed by atoms with Gasteiger partial charge < -0.3 is 9.47 Å². The number of para-hydroxylation sites is 1. The average Bonchev–Trinajstić information content (AvgIpc) is 2.54. The zero-order valence-electron chi connectivity index (χ0n) is 12.0. The first-order valence-electron chi connectivity index (χ1n) is 7.26. The van der Waals surface area contributed by atoms with Gasteiger partial charge >= 0.3 is 0 Å². The minimum atomic E-state index is -0.531. The zero-order valence-corrected chi connectivity index (χ0v) is 12.0. The summed E-state index contributed by atoms with van der Waals surface area (Å²) in [7, 11) is 0. The Morgan fingerprint density at radius 2 is 1.95 bits per heavy atom. The number of ether oxygens (including phenoxy) is 2. The molecule has 21 heavy (non-hydrogen) atoms. The highest BCUT2D eigenvalue weighted by molar-refractivity contribution is 6.02. The molecule has 108 valence electrons. The molecule has 0 fully saturated rings. The minimum Gasteiger partial charge on any atom is -0.493 e. The first-order valence-corrected chi connectivity index (χ1v) is 7.26. The van der Waals surface area contributed by atoms with Gasteiger partial charge in [0.1, 0.15) is 11.9 Å². The smallest absolute Gasteiger partial charge is 0.199 e. The Balaban J connectivity index is 1.97. The molecule has 3 rings (SSSR count). The summed E-state index contributed by atoms with van der Waals surface area (Å²) in [5, 5.41) is 0. The van der Waals surface area contributed by atoms with Gasteiger partial charge in [0.25, 0.3) is 0 Å². The highest BCUT2D eigenvalue weighted by atomic mass is 16.5. The molecule has 2 aromatic carbocycles. The molecule has 3 nitrogen and oxygen atoms in total. The SMILES string of the molecule is CCOc1ccccc1C(=O)C1OCCc2ccccc21. The third kappa shape index (κ3) is 2.69. The second-order valence-corrected chi connectivity index (χ2v) is 4.99. The molecular formula is C18H18O3. The maximum atomic E-state index is 12.9. The molecule has 0 spiro atoms. The number of hydrogen-bond donors (Lipinski definition) is 0. The van der Waals surface area contributed by atoms with Crippen molar-refractivity contribution in [3.05, 3.63) is 65.2 Å². The number of hydrogen-bond acceptors (Lipinski definition) is 3. The van der Waals surface area contributed by atoms with Crippen LogP contribution in [0.15, 0.2) is 48.5 Å². The summed E-state index contributed by atoms with van der Waals surface area (Å²) >= 11 is 0. The summed E-state index contributed by atoms with van der Waals surface area (Å²) in [5.74, 6) is 0.586. The van der Waals surface area contributed by atoms with Gasteiger partial charge in [-0.3, -0.25) is 4.79 Å². The minimum absolute atomic E-state index is 0.0359. The van der Waals surface area contributed by atoms with Gasteiger partial charge in [0.15, 0.2) is 5.78 Å². The van der Waals surface area contributed by atoms with Crippen LogP contribution in [0, 0.1) is 0 Å². The molecule has 2 aromatic rings. The molecule has 1 unspecified atom stereocenters. The Morgan fingerprint density at radius 1 is 1.19 bits per heavy atom. The van der Waals surface area contributed by atoms with Crippen LogP contribution in [-0.2, 0) is 11.2 Å². The largest absolute Gasteiger partial charge is 0.493 e. The first-order chi connectivity index (χ1) is 10.3. The zero-order chi connectivity index (χ0) is 14.7. The summed E-state index contributed by atoms with van der Waals surface area (Å²) in [6.07, 6.45) is 0.323. The number of rotatable bonds is 4. The molecule has 1 heterocycles. The van der Waals surface area contributed by atoms with Crippen molar-refractivity contribution in [2.45, 2.75) is 19.4 Å². The number of Topliss-reactive ketones (excluding diaryl/α,β-unsaturated/α-hetero) is 1. The van der Waals surface area contributed by atoms with E-state index in [0.29, 0.717) is 24.5 Å². The van der Waals surface area contributed by atoms with Gasteiger partial charge in [0, 0.05) is 0 Å². The Morgan fingerprint density at radius 3 is 2.81 bits per heavy atom. The van der Waals surface area contributed by atoms with Crippen LogP contribution in [-0.4, -0.2) is 19.0 Å². The van der Waals surface area contributed by atoms with Crippen molar-refractivity contribution in [1.82, 2.24) is 0 Å². The quantitative estimate of drug-likeness (QED) is 0.804. The van der Waals surface area contributed by atoms with Crippen molar-refractivity contribution >= 4 is 5.78 Å².